The van der Waals surface area contributed by atoms with Crippen molar-refractivity contribution in [1.29, 1.82) is 0 Å². The number of nitrogens with zero attached hydrogens (tertiary/aromatic N) is 2. The smallest absolute Gasteiger partial charge is 0.360 e. The van der Waals surface area contributed by atoms with Crippen LogP contribution in [0.25, 0.3) is 0 Å². The third-order valence-electron chi connectivity index (χ3n) is 2.81. The van der Waals surface area contributed by atoms with Gasteiger partial charge in [0.15, 0.2) is 5.69 Å². The number of nitrogens with one attached hydrogen (secondary N) is 1. The number of imidazole rings is 1. The first-order valence-electron chi connectivity index (χ1n) is 6.83. The standard InChI is InChI=1S/C13H22N4O3/c1-4-9-16-11(13(19)20-6-3)12(14)17(9)8-7-10(18)15-5-2/h4-8,14H2,1-3H3,(H,15,18). The van der Waals surface area contributed by atoms with E-state index in [1.54, 1.807) is 11.5 Å². The number of carbonyl (C=O) groups excluding carboxylic acids is 2. The molecule has 0 fully saturated rings. The Bertz CT molecular complexity index is 482. The zero-order valence-corrected chi connectivity index (χ0v) is 12.2. The van der Waals surface area contributed by atoms with Gasteiger partial charge >= 0.3 is 5.97 Å². The highest BCUT2D eigenvalue weighted by Crippen LogP contribution is 2.17. The predicted octanol–water partition coefficient (Wildman–Crippen LogP) is 0.731. The van der Waals surface area contributed by atoms with Crippen LogP contribution in [0, 0.1) is 0 Å². The highest BCUT2D eigenvalue weighted by Gasteiger charge is 2.20. The van der Waals surface area contributed by atoms with Crippen molar-refractivity contribution in [3.63, 3.8) is 0 Å². The summed E-state index contributed by atoms with van der Waals surface area (Å²) in [5.74, 6) is 0.344. The van der Waals surface area contributed by atoms with Crippen molar-refractivity contribution in [2.45, 2.75) is 40.2 Å². The van der Waals surface area contributed by atoms with E-state index in [1.807, 2.05) is 13.8 Å². The van der Waals surface area contributed by atoms with Crippen LogP contribution in [-0.2, 0) is 22.5 Å². The fraction of sp³-hybridized carbons (Fsp3) is 0.615. The van der Waals surface area contributed by atoms with Gasteiger partial charge in [-0.25, -0.2) is 9.78 Å². The van der Waals surface area contributed by atoms with Gasteiger partial charge in [-0.2, -0.15) is 0 Å². The Morgan fingerprint density at radius 1 is 1.35 bits per heavy atom. The lowest BCUT2D eigenvalue weighted by Crippen LogP contribution is -2.24. The van der Waals surface area contributed by atoms with Crippen molar-refractivity contribution in [2.75, 3.05) is 18.9 Å². The quantitative estimate of drug-likeness (QED) is 0.718. The van der Waals surface area contributed by atoms with Crippen molar-refractivity contribution >= 4 is 17.7 Å². The molecule has 1 aromatic rings. The average Bonchev–Trinajstić information content (AvgIpc) is 2.73. The van der Waals surface area contributed by atoms with Gasteiger partial charge in [0.2, 0.25) is 5.91 Å². The minimum Gasteiger partial charge on any atom is -0.461 e. The van der Waals surface area contributed by atoms with E-state index in [0.717, 1.165) is 0 Å². The second-order valence-corrected chi connectivity index (χ2v) is 4.19. The lowest BCUT2D eigenvalue weighted by Gasteiger charge is -2.08. The van der Waals surface area contributed by atoms with Crippen molar-refractivity contribution < 1.29 is 14.3 Å². The van der Waals surface area contributed by atoms with Crippen molar-refractivity contribution in [1.82, 2.24) is 14.9 Å². The molecule has 1 amide bonds. The lowest BCUT2D eigenvalue weighted by molar-refractivity contribution is -0.121. The Morgan fingerprint density at radius 2 is 2.05 bits per heavy atom. The SMILES string of the molecule is CCNC(=O)CCn1c(CC)nc(C(=O)OCC)c1N. The molecule has 0 aliphatic heterocycles. The van der Waals surface area contributed by atoms with Crippen LogP contribution in [0.4, 0.5) is 5.82 Å². The maximum Gasteiger partial charge on any atom is 0.360 e. The van der Waals surface area contributed by atoms with Gasteiger partial charge in [0.25, 0.3) is 0 Å². The summed E-state index contributed by atoms with van der Waals surface area (Å²) in [6.07, 6.45) is 0.919. The zero-order valence-electron chi connectivity index (χ0n) is 12.2. The number of anilines is 1. The van der Waals surface area contributed by atoms with E-state index >= 15 is 0 Å². The van der Waals surface area contributed by atoms with Gasteiger partial charge in [-0.3, -0.25) is 4.79 Å². The normalized spacial score (nSPS) is 10.3. The lowest BCUT2D eigenvalue weighted by atomic mass is 10.3. The van der Waals surface area contributed by atoms with Crippen molar-refractivity contribution in [3.8, 4) is 0 Å². The minimum absolute atomic E-state index is 0.0552. The van der Waals surface area contributed by atoms with E-state index < -0.39 is 5.97 Å². The molecule has 7 nitrogen and oxygen atoms in total. The van der Waals surface area contributed by atoms with E-state index in [0.29, 0.717) is 31.8 Å². The minimum atomic E-state index is -0.531. The Labute approximate surface area is 118 Å². The first-order chi connectivity index (χ1) is 9.54. The first-order valence-corrected chi connectivity index (χ1v) is 6.83. The Kier molecular flexibility index (Phi) is 6.02. The third kappa shape index (κ3) is 3.72. The molecule has 0 spiro atoms. The van der Waals surface area contributed by atoms with E-state index in [1.165, 1.54) is 0 Å². The number of ether oxygens (including phenoxy) is 1. The first kappa shape index (κ1) is 16.0. The van der Waals surface area contributed by atoms with Crippen LogP contribution in [-0.4, -0.2) is 34.6 Å². The Morgan fingerprint density at radius 3 is 2.60 bits per heavy atom. The zero-order chi connectivity index (χ0) is 15.1. The van der Waals surface area contributed by atoms with Crippen molar-refractivity contribution in [3.05, 3.63) is 11.5 Å². The summed E-state index contributed by atoms with van der Waals surface area (Å²) in [6.45, 7) is 6.76. The average molecular weight is 282 g/mol. The molecule has 0 aliphatic carbocycles. The van der Waals surface area contributed by atoms with Gasteiger partial charge < -0.3 is 20.4 Å². The molecule has 0 saturated heterocycles. The number of aromatic nitrogens is 2. The molecule has 112 valence electrons. The van der Waals surface area contributed by atoms with Crippen LogP contribution in [0.3, 0.4) is 0 Å². The maximum atomic E-state index is 11.7. The molecule has 7 heteroatoms. The summed E-state index contributed by atoms with van der Waals surface area (Å²) in [7, 11) is 0. The molecule has 20 heavy (non-hydrogen) atoms. The molecule has 0 radical (unpaired) electrons. The summed E-state index contributed by atoms with van der Waals surface area (Å²) in [4.78, 5) is 27.4. The molecular weight excluding hydrogens is 260 g/mol. The molecule has 1 rings (SSSR count). The number of esters is 1. The van der Waals surface area contributed by atoms with E-state index in [-0.39, 0.29) is 24.0 Å². The molecule has 0 saturated carbocycles. The second-order valence-electron chi connectivity index (χ2n) is 4.19. The fourth-order valence-electron chi connectivity index (χ4n) is 1.88. The molecular formula is C13H22N4O3. The topological polar surface area (TPSA) is 99.2 Å². The number of amides is 1. The number of rotatable bonds is 7. The van der Waals surface area contributed by atoms with Gasteiger partial charge in [-0.15, -0.1) is 0 Å². The number of aryl methyl sites for hydroxylation is 1. The molecule has 1 heterocycles. The van der Waals surface area contributed by atoms with Crippen LogP contribution < -0.4 is 11.1 Å². The summed E-state index contributed by atoms with van der Waals surface area (Å²) in [5.41, 5.74) is 6.06. The molecule has 1 aromatic heterocycles. The molecule has 0 atom stereocenters. The van der Waals surface area contributed by atoms with Gasteiger partial charge in [0.1, 0.15) is 11.6 Å². The molecule has 3 N–H and O–H groups in total. The molecule has 0 aliphatic rings. The Hall–Kier alpha value is -2.05. The number of hydrogen-bond acceptors (Lipinski definition) is 5. The van der Waals surface area contributed by atoms with Crippen LogP contribution in [0.5, 0.6) is 0 Å². The van der Waals surface area contributed by atoms with Crippen LogP contribution >= 0.6 is 0 Å². The van der Waals surface area contributed by atoms with E-state index in [4.69, 9.17) is 10.5 Å². The van der Waals surface area contributed by atoms with Crippen molar-refractivity contribution in [2.24, 2.45) is 0 Å². The van der Waals surface area contributed by atoms with Crippen LogP contribution in [0.1, 0.15) is 43.5 Å². The Balaban J connectivity index is 2.89. The number of hydrogen-bond donors (Lipinski definition) is 2. The summed E-state index contributed by atoms with van der Waals surface area (Å²) in [5, 5.41) is 2.72. The van der Waals surface area contributed by atoms with Gasteiger partial charge in [0.05, 0.1) is 6.61 Å². The van der Waals surface area contributed by atoms with Crippen LogP contribution in [0.2, 0.25) is 0 Å². The summed E-state index contributed by atoms with van der Waals surface area (Å²) in [6, 6.07) is 0. The monoisotopic (exact) mass is 282 g/mol. The molecule has 0 aromatic carbocycles. The van der Waals surface area contributed by atoms with Gasteiger partial charge in [0, 0.05) is 25.9 Å². The summed E-state index contributed by atoms with van der Waals surface area (Å²) < 4.78 is 6.61. The largest absolute Gasteiger partial charge is 0.461 e. The second kappa shape index (κ2) is 7.52. The third-order valence-corrected chi connectivity index (χ3v) is 2.81. The predicted molar refractivity (Wildman–Crippen MR) is 75.3 cm³/mol. The molecule has 0 bridgehead atoms. The van der Waals surface area contributed by atoms with Gasteiger partial charge in [-0.05, 0) is 13.8 Å². The number of nitrogen functional groups attached to an aromatic ring is 1. The molecule has 0 unspecified atom stereocenters. The number of carbonyl (C=O) groups is 2. The van der Waals surface area contributed by atoms with E-state index in [9.17, 15) is 9.59 Å². The van der Waals surface area contributed by atoms with Gasteiger partial charge in [-0.1, -0.05) is 6.92 Å². The maximum absolute atomic E-state index is 11.7. The summed E-state index contributed by atoms with van der Waals surface area (Å²) >= 11 is 0. The van der Waals surface area contributed by atoms with Crippen LogP contribution in [0.15, 0.2) is 0 Å². The fourth-order valence-corrected chi connectivity index (χ4v) is 1.88. The highest BCUT2D eigenvalue weighted by molar-refractivity contribution is 5.92. The highest BCUT2D eigenvalue weighted by atomic mass is 16.5. The van der Waals surface area contributed by atoms with E-state index in [2.05, 4.69) is 10.3 Å². The number of nitrogens with two attached hydrogens (primary N) is 1.